The van der Waals surface area contributed by atoms with E-state index in [-0.39, 0.29) is 18.1 Å². The van der Waals surface area contributed by atoms with E-state index in [2.05, 4.69) is 15.1 Å². The summed E-state index contributed by atoms with van der Waals surface area (Å²) in [6.45, 7) is 7.19. The van der Waals surface area contributed by atoms with E-state index in [4.69, 9.17) is 11.6 Å². The Morgan fingerprint density at radius 3 is 2.61 bits per heavy atom. The lowest BCUT2D eigenvalue weighted by atomic mass is 10.1. The van der Waals surface area contributed by atoms with Crippen LogP contribution in [0.3, 0.4) is 0 Å². The van der Waals surface area contributed by atoms with E-state index in [0.717, 1.165) is 51.4 Å². The first-order valence-electron chi connectivity index (χ1n) is 7.73. The predicted molar refractivity (Wildman–Crippen MR) is 93.5 cm³/mol. The summed E-state index contributed by atoms with van der Waals surface area (Å²) in [6.07, 6.45) is 1.24. The van der Waals surface area contributed by atoms with Crippen molar-refractivity contribution in [1.82, 2.24) is 15.1 Å². The molecule has 2 saturated heterocycles. The van der Waals surface area contributed by atoms with Gasteiger partial charge in [-0.25, -0.2) is 0 Å². The van der Waals surface area contributed by atoms with Crippen LogP contribution >= 0.6 is 24.0 Å². The van der Waals surface area contributed by atoms with Crippen molar-refractivity contribution in [2.24, 2.45) is 0 Å². The van der Waals surface area contributed by atoms with Gasteiger partial charge in [0, 0.05) is 57.4 Å². The van der Waals surface area contributed by atoms with Gasteiger partial charge in [-0.3, -0.25) is 19.9 Å². The van der Waals surface area contributed by atoms with Crippen molar-refractivity contribution in [3.8, 4) is 0 Å². The number of nitro benzene ring substituents is 1. The third-order valence-corrected chi connectivity index (χ3v) is 4.95. The third kappa shape index (κ3) is 4.55. The second-order valence-electron chi connectivity index (χ2n) is 5.99. The number of nitrogens with one attached hydrogen (secondary N) is 1. The van der Waals surface area contributed by atoms with Crippen LogP contribution < -0.4 is 5.32 Å². The molecule has 2 heterocycles. The molecule has 8 heteroatoms. The monoisotopic (exact) mass is 360 g/mol. The number of hydrogen-bond donors (Lipinski definition) is 1. The molecule has 0 aliphatic carbocycles. The van der Waals surface area contributed by atoms with Crippen LogP contribution in [0, 0.1) is 10.1 Å². The molecule has 0 spiro atoms. The Labute approximate surface area is 147 Å². The molecule has 1 aromatic rings. The van der Waals surface area contributed by atoms with Gasteiger partial charge in [0.05, 0.1) is 9.95 Å². The molecule has 1 unspecified atom stereocenters. The molecule has 0 saturated carbocycles. The first-order valence-corrected chi connectivity index (χ1v) is 8.11. The highest BCUT2D eigenvalue weighted by molar-refractivity contribution is 6.31. The number of benzene rings is 1. The van der Waals surface area contributed by atoms with E-state index in [1.165, 1.54) is 18.6 Å². The van der Waals surface area contributed by atoms with Crippen LogP contribution in [0.2, 0.25) is 5.02 Å². The zero-order chi connectivity index (χ0) is 15.5. The summed E-state index contributed by atoms with van der Waals surface area (Å²) >= 11 is 6.18. The first kappa shape index (κ1) is 18.4. The molecule has 6 nitrogen and oxygen atoms in total. The summed E-state index contributed by atoms with van der Waals surface area (Å²) in [5, 5.41) is 14.6. The molecule has 1 atom stereocenters. The predicted octanol–water partition coefficient (Wildman–Crippen LogP) is 2.15. The van der Waals surface area contributed by atoms with E-state index >= 15 is 0 Å². The van der Waals surface area contributed by atoms with Crippen LogP contribution in [0.5, 0.6) is 0 Å². The standard InChI is InChI=1S/C15H21ClN4O2.ClH/c16-15-9-13(20(21)22)2-1-12(15)11-18-5-7-19(8-6-18)14-3-4-17-10-14;/h1-2,9,14,17H,3-8,10-11H2;1H. The van der Waals surface area contributed by atoms with Crippen molar-refractivity contribution in [3.05, 3.63) is 38.9 Å². The van der Waals surface area contributed by atoms with Crippen molar-refractivity contribution >= 4 is 29.7 Å². The largest absolute Gasteiger partial charge is 0.315 e. The van der Waals surface area contributed by atoms with Crippen LogP contribution in [0.1, 0.15) is 12.0 Å². The zero-order valence-corrected chi connectivity index (χ0v) is 14.5. The molecule has 2 fully saturated rings. The molecule has 2 aliphatic heterocycles. The molecular formula is C15H22Cl2N4O2. The van der Waals surface area contributed by atoms with Gasteiger partial charge in [-0.2, -0.15) is 0 Å². The SMILES string of the molecule is Cl.O=[N+]([O-])c1ccc(CN2CCN(C3CCNC3)CC2)c(Cl)c1. The lowest BCUT2D eigenvalue weighted by Crippen LogP contribution is -2.50. The average Bonchev–Trinajstić information content (AvgIpc) is 3.04. The second kappa shape index (κ2) is 8.26. The maximum absolute atomic E-state index is 10.7. The van der Waals surface area contributed by atoms with E-state index in [1.807, 2.05) is 0 Å². The van der Waals surface area contributed by atoms with Gasteiger partial charge in [-0.05, 0) is 24.6 Å². The molecule has 3 rings (SSSR count). The highest BCUT2D eigenvalue weighted by Crippen LogP contribution is 2.24. The second-order valence-corrected chi connectivity index (χ2v) is 6.40. The highest BCUT2D eigenvalue weighted by Gasteiger charge is 2.26. The molecule has 0 amide bonds. The number of nitrogens with zero attached hydrogens (tertiary/aromatic N) is 3. The van der Waals surface area contributed by atoms with Gasteiger partial charge in [0.2, 0.25) is 0 Å². The van der Waals surface area contributed by atoms with E-state index < -0.39 is 4.92 Å². The van der Waals surface area contributed by atoms with Crippen molar-refractivity contribution in [2.75, 3.05) is 39.3 Å². The van der Waals surface area contributed by atoms with Crippen LogP contribution in [0.15, 0.2) is 18.2 Å². The van der Waals surface area contributed by atoms with Gasteiger partial charge < -0.3 is 5.32 Å². The Bertz CT molecular complexity index is 544. The average molecular weight is 361 g/mol. The van der Waals surface area contributed by atoms with Crippen molar-refractivity contribution in [1.29, 1.82) is 0 Å². The molecule has 0 bridgehead atoms. The third-order valence-electron chi connectivity index (χ3n) is 4.60. The topological polar surface area (TPSA) is 61.7 Å². The van der Waals surface area contributed by atoms with Gasteiger partial charge in [-0.1, -0.05) is 11.6 Å². The number of rotatable bonds is 4. The molecular weight excluding hydrogens is 339 g/mol. The fourth-order valence-corrected chi connectivity index (χ4v) is 3.49. The summed E-state index contributed by atoms with van der Waals surface area (Å²) in [5.74, 6) is 0. The van der Waals surface area contributed by atoms with Crippen molar-refractivity contribution in [2.45, 2.75) is 19.0 Å². The van der Waals surface area contributed by atoms with Crippen molar-refractivity contribution in [3.63, 3.8) is 0 Å². The first-order chi connectivity index (χ1) is 10.6. The van der Waals surface area contributed by atoms with Crippen LogP contribution in [0.4, 0.5) is 5.69 Å². The maximum Gasteiger partial charge on any atom is 0.270 e. The minimum atomic E-state index is -0.413. The lowest BCUT2D eigenvalue weighted by Gasteiger charge is -2.37. The van der Waals surface area contributed by atoms with Gasteiger partial charge in [0.25, 0.3) is 5.69 Å². The molecule has 0 radical (unpaired) electrons. The molecule has 2 aliphatic rings. The summed E-state index contributed by atoms with van der Waals surface area (Å²) in [4.78, 5) is 15.3. The van der Waals surface area contributed by atoms with Gasteiger partial charge >= 0.3 is 0 Å². The Morgan fingerprint density at radius 1 is 1.30 bits per heavy atom. The summed E-state index contributed by atoms with van der Waals surface area (Å²) in [5.41, 5.74) is 1.01. The molecule has 128 valence electrons. The van der Waals surface area contributed by atoms with Crippen LogP contribution in [0.25, 0.3) is 0 Å². The van der Waals surface area contributed by atoms with Gasteiger partial charge in [0.15, 0.2) is 0 Å². The van der Waals surface area contributed by atoms with Crippen molar-refractivity contribution < 1.29 is 4.92 Å². The quantitative estimate of drug-likeness (QED) is 0.658. The van der Waals surface area contributed by atoms with Crippen LogP contribution in [-0.2, 0) is 6.54 Å². The van der Waals surface area contributed by atoms with Gasteiger partial charge in [0.1, 0.15) is 0 Å². The number of halogens is 2. The van der Waals surface area contributed by atoms with Crippen LogP contribution in [-0.4, -0.2) is 60.0 Å². The summed E-state index contributed by atoms with van der Waals surface area (Å²) in [6, 6.07) is 5.43. The fraction of sp³-hybridized carbons (Fsp3) is 0.600. The number of nitro groups is 1. The summed E-state index contributed by atoms with van der Waals surface area (Å²) in [7, 11) is 0. The maximum atomic E-state index is 10.7. The Morgan fingerprint density at radius 2 is 2.04 bits per heavy atom. The fourth-order valence-electron chi connectivity index (χ4n) is 3.26. The Kier molecular flexibility index (Phi) is 6.61. The minimum Gasteiger partial charge on any atom is -0.315 e. The molecule has 1 N–H and O–H groups in total. The van der Waals surface area contributed by atoms with E-state index in [9.17, 15) is 10.1 Å². The summed E-state index contributed by atoms with van der Waals surface area (Å²) < 4.78 is 0. The Balaban J connectivity index is 0.00000192. The van der Waals surface area contributed by atoms with Gasteiger partial charge in [-0.15, -0.1) is 12.4 Å². The zero-order valence-electron chi connectivity index (χ0n) is 12.9. The lowest BCUT2D eigenvalue weighted by molar-refractivity contribution is -0.384. The molecule has 23 heavy (non-hydrogen) atoms. The Hall–Kier alpha value is -0.920. The number of piperazine rings is 1. The highest BCUT2D eigenvalue weighted by atomic mass is 35.5. The van der Waals surface area contributed by atoms with E-state index in [1.54, 1.807) is 6.07 Å². The normalized spacial score (nSPS) is 22.7. The smallest absolute Gasteiger partial charge is 0.270 e. The van der Waals surface area contributed by atoms with E-state index in [0.29, 0.717) is 11.1 Å². The molecule has 0 aromatic heterocycles. The molecule has 1 aromatic carbocycles. The number of non-ortho nitro benzene ring substituents is 1. The number of hydrogen-bond acceptors (Lipinski definition) is 5. The minimum absolute atomic E-state index is 0.